The van der Waals surface area contributed by atoms with E-state index in [4.69, 9.17) is 4.98 Å². The van der Waals surface area contributed by atoms with E-state index < -0.39 is 0 Å². The largest absolute Gasteiger partial charge is 0.339 e. The Labute approximate surface area is 118 Å². The molecular formula is C17H18N2O. The molecule has 3 heteroatoms. The van der Waals surface area contributed by atoms with Crippen LogP contribution in [0.4, 0.5) is 0 Å². The first kappa shape index (κ1) is 11.9. The van der Waals surface area contributed by atoms with Crippen LogP contribution in [0.15, 0.2) is 24.3 Å². The number of rotatable bonds is 1. The molecule has 2 heterocycles. The number of benzene rings is 1. The van der Waals surface area contributed by atoms with Crippen LogP contribution in [0.25, 0.3) is 10.9 Å². The van der Waals surface area contributed by atoms with E-state index in [1.54, 1.807) is 0 Å². The number of fused-ring (bicyclic) bond motifs is 2. The maximum atomic E-state index is 12.9. The molecule has 0 spiro atoms. The molecule has 102 valence electrons. The van der Waals surface area contributed by atoms with E-state index in [1.807, 2.05) is 29.2 Å². The predicted octanol–water partition coefficient (Wildman–Crippen LogP) is 2.96. The van der Waals surface area contributed by atoms with Gasteiger partial charge in [-0.25, -0.2) is 0 Å². The first-order chi connectivity index (χ1) is 9.84. The van der Waals surface area contributed by atoms with Gasteiger partial charge in [0.05, 0.1) is 11.1 Å². The van der Waals surface area contributed by atoms with Gasteiger partial charge in [0.15, 0.2) is 0 Å². The van der Waals surface area contributed by atoms with Crippen molar-refractivity contribution in [2.45, 2.75) is 32.1 Å². The number of pyridine rings is 1. The van der Waals surface area contributed by atoms with Gasteiger partial charge in [0.2, 0.25) is 0 Å². The first-order valence-corrected chi connectivity index (χ1v) is 7.54. The molecule has 1 amide bonds. The third-order valence-electron chi connectivity index (χ3n) is 4.53. The number of carbonyl (C=O) groups is 1. The van der Waals surface area contributed by atoms with E-state index in [0.717, 1.165) is 67.4 Å². The van der Waals surface area contributed by atoms with Gasteiger partial charge in [0.25, 0.3) is 5.91 Å². The van der Waals surface area contributed by atoms with Crippen LogP contribution in [-0.2, 0) is 12.8 Å². The van der Waals surface area contributed by atoms with Crippen molar-refractivity contribution in [1.29, 1.82) is 0 Å². The van der Waals surface area contributed by atoms with Crippen molar-refractivity contribution in [2.24, 2.45) is 0 Å². The first-order valence-electron chi connectivity index (χ1n) is 7.54. The molecule has 0 atom stereocenters. The fourth-order valence-corrected chi connectivity index (χ4v) is 3.53. The van der Waals surface area contributed by atoms with Crippen molar-refractivity contribution in [3.05, 3.63) is 41.1 Å². The number of nitrogens with zero attached hydrogens (tertiary/aromatic N) is 2. The normalized spacial score (nSPS) is 17.7. The average Bonchev–Trinajstić information content (AvgIpc) is 3.14. The van der Waals surface area contributed by atoms with E-state index in [1.165, 1.54) is 5.56 Å². The quantitative estimate of drug-likeness (QED) is 0.795. The van der Waals surface area contributed by atoms with Crippen molar-refractivity contribution in [1.82, 2.24) is 9.88 Å². The highest BCUT2D eigenvalue weighted by atomic mass is 16.2. The minimum Gasteiger partial charge on any atom is -0.339 e. The SMILES string of the molecule is O=C(c1c2c(nc3ccccc13)CCC2)N1CCCC1. The number of hydrogen-bond acceptors (Lipinski definition) is 2. The number of likely N-dealkylation sites (tertiary alicyclic amines) is 1. The summed E-state index contributed by atoms with van der Waals surface area (Å²) in [5.74, 6) is 0.222. The van der Waals surface area contributed by atoms with Gasteiger partial charge in [-0.2, -0.15) is 0 Å². The van der Waals surface area contributed by atoms with Gasteiger partial charge < -0.3 is 4.90 Å². The van der Waals surface area contributed by atoms with Gasteiger partial charge >= 0.3 is 0 Å². The zero-order valence-electron chi connectivity index (χ0n) is 11.6. The lowest BCUT2D eigenvalue weighted by Crippen LogP contribution is -2.29. The lowest BCUT2D eigenvalue weighted by molar-refractivity contribution is 0.0793. The third kappa shape index (κ3) is 1.73. The van der Waals surface area contributed by atoms with E-state index in [0.29, 0.717) is 0 Å². The second-order valence-electron chi connectivity index (χ2n) is 5.78. The maximum Gasteiger partial charge on any atom is 0.254 e. The fraction of sp³-hybridized carbons (Fsp3) is 0.412. The summed E-state index contributed by atoms with van der Waals surface area (Å²) in [5.41, 5.74) is 4.26. The molecule has 0 N–H and O–H groups in total. The Hall–Kier alpha value is -1.90. The van der Waals surface area contributed by atoms with Crippen LogP contribution in [0.2, 0.25) is 0 Å². The molecule has 1 fully saturated rings. The van der Waals surface area contributed by atoms with Crippen LogP contribution in [0, 0.1) is 0 Å². The van der Waals surface area contributed by atoms with Crippen molar-refractivity contribution in [3.63, 3.8) is 0 Å². The summed E-state index contributed by atoms with van der Waals surface area (Å²) in [4.78, 5) is 19.7. The van der Waals surface area contributed by atoms with Gasteiger partial charge in [0, 0.05) is 24.2 Å². The fourth-order valence-electron chi connectivity index (χ4n) is 3.53. The summed E-state index contributed by atoms with van der Waals surface area (Å²) >= 11 is 0. The van der Waals surface area contributed by atoms with Gasteiger partial charge in [-0.15, -0.1) is 0 Å². The van der Waals surface area contributed by atoms with Crippen molar-refractivity contribution in [3.8, 4) is 0 Å². The second-order valence-corrected chi connectivity index (χ2v) is 5.78. The number of aryl methyl sites for hydroxylation is 1. The number of carbonyl (C=O) groups excluding carboxylic acids is 1. The third-order valence-corrected chi connectivity index (χ3v) is 4.53. The summed E-state index contributed by atoms with van der Waals surface area (Å²) in [7, 11) is 0. The number of hydrogen-bond donors (Lipinski definition) is 0. The lowest BCUT2D eigenvalue weighted by atomic mass is 10.00. The van der Waals surface area contributed by atoms with E-state index in [9.17, 15) is 4.79 Å². The Bertz CT molecular complexity index is 687. The monoisotopic (exact) mass is 266 g/mol. The van der Waals surface area contributed by atoms with Crippen molar-refractivity contribution < 1.29 is 4.79 Å². The molecule has 2 aromatic rings. The summed E-state index contributed by atoms with van der Waals surface area (Å²) in [6, 6.07) is 8.08. The Morgan fingerprint density at radius 1 is 1.05 bits per heavy atom. The number of aromatic nitrogens is 1. The molecule has 1 aliphatic heterocycles. The van der Waals surface area contributed by atoms with Gasteiger partial charge in [-0.05, 0) is 43.7 Å². The maximum absolute atomic E-state index is 12.9. The Morgan fingerprint density at radius 3 is 2.70 bits per heavy atom. The van der Waals surface area contributed by atoms with E-state index in [2.05, 4.69) is 0 Å². The Morgan fingerprint density at radius 2 is 1.85 bits per heavy atom. The Balaban J connectivity index is 1.94. The Kier molecular flexibility index (Phi) is 2.72. The van der Waals surface area contributed by atoms with Crippen LogP contribution in [0.3, 0.4) is 0 Å². The molecule has 1 aliphatic carbocycles. The molecule has 4 rings (SSSR count). The zero-order valence-corrected chi connectivity index (χ0v) is 11.6. The van der Waals surface area contributed by atoms with Crippen LogP contribution < -0.4 is 0 Å². The summed E-state index contributed by atoms with van der Waals surface area (Å²) < 4.78 is 0. The van der Waals surface area contributed by atoms with Crippen LogP contribution in [-0.4, -0.2) is 28.9 Å². The summed E-state index contributed by atoms with van der Waals surface area (Å²) in [5, 5.41) is 1.03. The highest BCUT2D eigenvalue weighted by Crippen LogP contribution is 2.31. The second kappa shape index (κ2) is 4.58. The molecule has 20 heavy (non-hydrogen) atoms. The molecule has 1 aromatic heterocycles. The van der Waals surface area contributed by atoms with Gasteiger partial charge in [-0.1, -0.05) is 18.2 Å². The van der Waals surface area contributed by atoms with Crippen molar-refractivity contribution >= 4 is 16.8 Å². The molecule has 0 bridgehead atoms. The number of amides is 1. The molecule has 0 radical (unpaired) electrons. The van der Waals surface area contributed by atoms with E-state index in [-0.39, 0.29) is 5.91 Å². The molecule has 1 saturated heterocycles. The predicted molar refractivity (Wildman–Crippen MR) is 78.9 cm³/mol. The summed E-state index contributed by atoms with van der Waals surface area (Å²) in [6.07, 6.45) is 5.41. The summed E-state index contributed by atoms with van der Waals surface area (Å²) in [6.45, 7) is 1.81. The van der Waals surface area contributed by atoms with Crippen molar-refractivity contribution in [2.75, 3.05) is 13.1 Å². The molecule has 2 aliphatic rings. The average molecular weight is 266 g/mol. The minimum absolute atomic E-state index is 0.222. The minimum atomic E-state index is 0.222. The smallest absolute Gasteiger partial charge is 0.254 e. The standard InChI is InChI=1S/C17H18N2O/c20-17(19-10-3-4-11-19)16-12-6-1-2-8-14(12)18-15-9-5-7-13(15)16/h1-2,6,8H,3-5,7,9-11H2. The van der Waals surface area contributed by atoms with Gasteiger partial charge in [0.1, 0.15) is 0 Å². The van der Waals surface area contributed by atoms with E-state index >= 15 is 0 Å². The zero-order chi connectivity index (χ0) is 13.5. The molecule has 0 saturated carbocycles. The lowest BCUT2D eigenvalue weighted by Gasteiger charge is -2.19. The molecule has 3 nitrogen and oxygen atoms in total. The highest BCUT2D eigenvalue weighted by Gasteiger charge is 2.27. The van der Waals surface area contributed by atoms with Crippen LogP contribution in [0.1, 0.15) is 40.9 Å². The van der Waals surface area contributed by atoms with Crippen LogP contribution >= 0.6 is 0 Å². The highest BCUT2D eigenvalue weighted by molar-refractivity contribution is 6.07. The molecule has 1 aromatic carbocycles. The number of para-hydroxylation sites is 1. The van der Waals surface area contributed by atoms with Crippen LogP contribution in [0.5, 0.6) is 0 Å². The molecular weight excluding hydrogens is 248 g/mol. The van der Waals surface area contributed by atoms with Gasteiger partial charge in [-0.3, -0.25) is 9.78 Å². The topological polar surface area (TPSA) is 33.2 Å². The molecule has 0 unspecified atom stereocenters.